The molecule has 92 valence electrons. The van der Waals surface area contributed by atoms with E-state index < -0.39 is 0 Å². The van der Waals surface area contributed by atoms with Gasteiger partial charge in [-0.25, -0.2) is 0 Å². The first-order valence-electron chi connectivity index (χ1n) is 6.17. The first-order valence-corrected chi connectivity index (χ1v) is 6.17. The van der Waals surface area contributed by atoms with Crippen molar-refractivity contribution in [1.82, 2.24) is 10.2 Å². The van der Waals surface area contributed by atoms with Gasteiger partial charge in [0.2, 0.25) is 0 Å². The molecular formula is C12H28N2O. The van der Waals surface area contributed by atoms with Gasteiger partial charge >= 0.3 is 0 Å². The number of nitrogens with zero attached hydrogens (tertiary/aromatic N) is 1. The van der Waals surface area contributed by atoms with Gasteiger partial charge in [-0.1, -0.05) is 13.8 Å². The van der Waals surface area contributed by atoms with Gasteiger partial charge in [-0.3, -0.25) is 4.90 Å². The Morgan fingerprint density at radius 1 is 1.20 bits per heavy atom. The van der Waals surface area contributed by atoms with Crippen LogP contribution in [0.2, 0.25) is 0 Å². The summed E-state index contributed by atoms with van der Waals surface area (Å²) in [5.74, 6) is 0. The molecule has 0 aromatic heterocycles. The summed E-state index contributed by atoms with van der Waals surface area (Å²) >= 11 is 0. The topological polar surface area (TPSA) is 24.5 Å². The van der Waals surface area contributed by atoms with Gasteiger partial charge in [0.15, 0.2) is 0 Å². The van der Waals surface area contributed by atoms with E-state index in [2.05, 4.69) is 24.1 Å². The van der Waals surface area contributed by atoms with E-state index in [1.807, 2.05) is 7.05 Å². The number of nitrogens with one attached hydrogen (secondary N) is 1. The highest BCUT2D eigenvalue weighted by Crippen LogP contribution is 2.08. The zero-order valence-electron chi connectivity index (χ0n) is 10.9. The van der Waals surface area contributed by atoms with Crippen LogP contribution in [-0.4, -0.2) is 51.3 Å². The summed E-state index contributed by atoms with van der Waals surface area (Å²) < 4.78 is 5.16. The SMILES string of the molecule is CCC(CC)N(CCCNC)CCOC. The van der Waals surface area contributed by atoms with E-state index in [4.69, 9.17) is 4.74 Å². The molecule has 0 rings (SSSR count). The van der Waals surface area contributed by atoms with Gasteiger partial charge in [0.1, 0.15) is 0 Å². The highest BCUT2D eigenvalue weighted by atomic mass is 16.5. The minimum atomic E-state index is 0.719. The van der Waals surface area contributed by atoms with Crippen LogP contribution < -0.4 is 5.32 Å². The largest absolute Gasteiger partial charge is 0.383 e. The molecule has 3 nitrogen and oxygen atoms in total. The van der Waals surface area contributed by atoms with Crippen molar-refractivity contribution in [1.29, 1.82) is 0 Å². The lowest BCUT2D eigenvalue weighted by Crippen LogP contribution is -2.38. The summed E-state index contributed by atoms with van der Waals surface area (Å²) in [6.45, 7) is 8.72. The summed E-state index contributed by atoms with van der Waals surface area (Å²) in [6.07, 6.45) is 3.69. The van der Waals surface area contributed by atoms with E-state index in [1.165, 1.54) is 25.8 Å². The maximum atomic E-state index is 5.16. The van der Waals surface area contributed by atoms with Crippen LogP contribution in [0, 0.1) is 0 Å². The predicted octanol–water partition coefficient (Wildman–Crippen LogP) is 1.73. The second-order valence-corrected chi connectivity index (χ2v) is 3.96. The fourth-order valence-corrected chi connectivity index (χ4v) is 1.95. The smallest absolute Gasteiger partial charge is 0.0589 e. The molecule has 0 aromatic carbocycles. The van der Waals surface area contributed by atoms with Crippen LogP contribution in [0.15, 0.2) is 0 Å². The van der Waals surface area contributed by atoms with Crippen molar-refractivity contribution in [3.8, 4) is 0 Å². The van der Waals surface area contributed by atoms with Gasteiger partial charge < -0.3 is 10.1 Å². The quantitative estimate of drug-likeness (QED) is 0.563. The van der Waals surface area contributed by atoms with E-state index in [1.54, 1.807) is 7.11 Å². The first kappa shape index (κ1) is 14.9. The van der Waals surface area contributed by atoms with Gasteiger partial charge in [-0.05, 0) is 39.4 Å². The normalized spacial score (nSPS) is 11.6. The standard InChI is InChI=1S/C12H28N2O/c1-5-12(6-2)14(10-11-15-4)9-7-8-13-3/h12-13H,5-11H2,1-4H3. The van der Waals surface area contributed by atoms with Gasteiger partial charge in [0.25, 0.3) is 0 Å². The van der Waals surface area contributed by atoms with E-state index >= 15 is 0 Å². The predicted molar refractivity (Wildman–Crippen MR) is 66.4 cm³/mol. The summed E-state index contributed by atoms with van der Waals surface area (Å²) in [6, 6.07) is 0.719. The minimum absolute atomic E-state index is 0.719. The van der Waals surface area contributed by atoms with Gasteiger partial charge in [0.05, 0.1) is 6.61 Å². The highest BCUT2D eigenvalue weighted by molar-refractivity contribution is 4.69. The molecule has 0 saturated heterocycles. The van der Waals surface area contributed by atoms with Crippen LogP contribution in [0.25, 0.3) is 0 Å². The van der Waals surface area contributed by atoms with Crippen molar-refractivity contribution >= 4 is 0 Å². The molecule has 0 heterocycles. The lowest BCUT2D eigenvalue weighted by molar-refractivity contribution is 0.114. The Morgan fingerprint density at radius 3 is 2.33 bits per heavy atom. The summed E-state index contributed by atoms with van der Waals surface area (Å²) in [5.41, 5.74) is 0. The maximum Gasteiger partial charge on any atom is 0.0589 e. The molecule has 0 aliphatic rings. The van der Waals surface area contributed by atoms with Crippen LogP contribution in [0.3, 0.4) is 0 Å². The van der Waals surface area contributed by atoms with E-state index in [0.717, 1.165) is 25.7 Å². The summed E-state index contributed by atoms with van der Waals surface area (Å²) in [5, 5.41) is 3.20. The lowest BCUT2D eigenvalue weighted by atomic mass is 10.1. The summed E-state index contributed by atoms with van der Waals surface area (Å²) in [7, 11) is 3.79. The van der Waals surface area contributed by atoms with Crippen LogP contribution in [0.4, 0.5) is 0 Å². The van der Waals surface area contributed by atoms with Crippen LogP contribution >= 0.6 is 0 Å². The Bertz CT molecular complexity index is 127. The molecule has 0 unspecified atom stereocenters. The van der Waals surface area contributed by atoms with Crippen LogP contribution in [0.1, 0.15) is 33.1 Å². The second-order valence-electron chi connectivity index (χ2n) is 3.96. The molecule has 0 atom stereocenters. The van der Waals surface area contributed by atoms with Gasteiger partial charge in [0, 0.05) is 19.7 Å². The fourth-order valence-electron chi connectivity index (χ4n) is 1.95. The van der Waals surface area contributed by atoms with Crippen molar-refractivity contribution in [2.45, 2.75) is 39.2 Å². The molecule has 0 fully saturated rings. The van der Waals surface area contributed by atoms with E-state index in [9.17, 15) is 0 Å². The Kier molecular flexibility index (Phi) is 10.3. The number of hydrogen-bond acceptors (Lipinski definition) is 3. The molecule has 0 aliphatic carbocycles. The molecule has 3 heteroatoms. The van der Waals surface area contributed by atoms with Crippen molar-refractivity contribution in [3.05, 3.63) is 0 Å². The molecule has 0 aliphatic heterocycles. The molecule has 0 aromatic rings. The molecule has 0 radical (unpaired) electrons. The number of rotatable bonds is 10. The van der Waals surface area contributed by atoms with Crippen LogP contribution in [0.5, 0.6) is 0 Å². The highest BCUT2D eigenvalue weighted by Gasteiger charge is 2.13. The average molecular weight is 216 g/mol. The summed E-state index contributed by atoms with van der Waals surface area (Å²) in [4.78, 5) is 2.56. The number of methoxy groups -OCH3 is 1. The minimum Gasteiger partial charge on any atom is -0.383 e. The zero-order chi connectivity index (χ0) is 11.5. The third-order valence-electron chi connectivity index (χ3n) is 2.91. The van der Waals surface area contributed by atoms with Crippen molar-refractivity contribution in [2.24, 2.45) is 0 Å². The average Bonchev–Trinajstić information content (AvgIpc) is 2.26. The molecule has 15 heavy (non-hydrogen) atoms. The third kappa shape index (κ3) is 6.88. The maximum absolute atomic E-state index is 5.16. The Labute approximate surface area is 95.2 Å². The zero-order valence-corrected chi connectivity index (χ0v) is 10.9. The lowest BCUT2D eigenvalue weighted by Gasteiger charge is -2.30. The van der Waals surface area contributed by atoms with Gasteiger partial charge in [-0.2, -0.15) is 0 Å². The monoisotopic (exact) mass is 216 g/mol. The Morgan fingerprint density at radius 2 is 1.87 bits per heavy atom. The van der Waals surface area contributed by atoms with E-state index in [-0.39, 0.29) is 0 Å². The molecule has 0 amide bonds. The third-order valence-corrected chi connectivity index (χ3v) is 2.91. The molecule has 0 saturated carbocycles. The van der Waals surface area contributed by atoms with Crippen molar-refractivity contribution < 1.29 is 4.74 Å². The fraction of sp³-hybridized carbons (Fsp3) is 1.00. The molecular weight excluding hydrogens is 188 g/mol. The van der Waals surface area contributed by atoms with Crippen LogP contribution in [-0.2, 0) is 4.74 Å². The molecule has 1 N–H and O–H groups in total. The van der Waals surface area contributed by atoms with Gasteiger partial charge in [-0.15, -0.1) is 0 Å². The number of ether oxygens (including phenoxy) is 1. The molecule has 0 spiro atoms. The van der Waals surface area contributed by atoms with Crippen molar-refractivity contribution in [2.75, 3.05) is 40.4 Å². The van der Waals surface area contributed by atoms with E-state index in [0.29, 0.717) is 0 Å². The molecule has 0 bridgehead atoms. The Balaban J connectivity index is 3.91. The second kappa shape index (κ2) is 10.4. The first-order chi connectivity index (χ1) is 7.29. The number of hydrogen-bond donors (Lipinski definition) is 1. The van der Waals surface area contributed by atoms with Crippen molar-refractivity contribution in [3.63, 3.8) is 0 Å². The Hall–Kier alpha value is -0.120.